The van der Waals surface area contributed by atoms with Crippen LogP contribution >= 0.6 is 11.6 Å². The monoisotopic (exact) mass is 475 g/mol. The van der Waals surface area contributed by atoms with Crippen molar-refractivity contribution >= 4 is 38.6 Å². The molecule has 4 rings (SSSR count). The van der Waals surface area contributed by atoms with Crippen LogP contribution in [0.4, 0.5) is 0 Å². The van der Waals surface area contributed by atoms with Crippen LogP contribution in [0.15, 0.2) is 47.5 Å². The van der Waals surface area contributed by atoms with Gasteiger partial charge in [-0.1, -0.05) is 23.7 Å². The van der Waals surface area contributed by atoms with Crippen molar-refractivity contribution < 1.29 is 13.2 Å². The lowest BCUT2D eigenvalue weighted by atomic mass is 9.97. The third kappa shape index (κ3) is 4.65. The van der Waals surface area contributed by atoms with Crippen LogP contribution in [0.3, 0.4) is 0 Å². The van der Waals surface area contributed by atoms with Crippen LogP contribution in [0.1, 0.15) is 25.1 Å². The summed E-state index contributed by atoms with van der Waals surface area (Å²) in [5.74, 6) is 0.745. The summed E-state index contributed by atoms with van der Waals surface area (Å²) in [6.45, 7) is 3.89. The first kappa shape index (κ1) is 22.7. The number of imidazole rings is 1. The molecule has 3 heterocycles. The second-order valence-corrected chi connectivity index (χ2v) is 10.2. The van der Waals surface area contributed by atoms with Gasteiger partial charge < -0.3 is 9.88 Å². The molecule has 0 unspecified atom stereocenters. The van der Waals surface area contributed by atoms with E-state index in [9.17, 15) is 13.2 Å². The highest BCUT2D eigenvalue weighted by atomic mass is 35.5. The Morgan fingerprint density at radius 1 is 1.19 bits per heavy atom. The molecule has 32 heavy (non-hydrogen) atoms. The predicted molar refractivity (Wildman–Crippen MR) is 123 cm³/mol. The number of benzene rings is 1. The van der Waals surface area contributed by atoms with Gasteiger partial charge in [0.15, 0.2) is 0 Å². The maximum atomic E-state index is 12.8. The number of pyridine rings is 1. The second kappa shape index (κ2) is 9.56. The smallest absolute Gasteiger partial charge is 0.246 e. The van der Waals surface area contributed by atoms with Crippen molar-refractivity contribution in [3.63, 3.8) is 0 Å². The number of rotatable bonds is 7. The van der Waals surface area contributed by atoms with Crippen LogP contribution in [0.2, 0.25) is 5.15 Å². The van der Waals surface area contributed by atoms with E-state index in [2.05, 4.69) is 25.9 Å². The lowest BCUT2D eigenvalue weighted by Crippen LogP contribution is -2.43. The van der Waals surface area contributed by atoms with E-state index < -0.39 is 10.0 Å². The Bertz CT molecular complexity index is 1220. The van der Waals surface area contributed by atoms with Crippen molar-refractivity contribution in [3.05, 3.63) is 53.6 Å². The molecule has 1 saturated heterocycles. The highest BCUT2D eigenvalue weighted by Gasteiger charge is 2.33. The molecule has 3 aromatic rings. The van der Waals surface area contributed by atoms with Crippen molar-refractivity contribution in [2.75, 3.05) is 19.6 Å². The molecule has 1 aliphatic heterocycles. The summed E-state index contributed by atoms with van der Waals surface area (Å²) in [6.07, 6.45) is 3.20. The Balaban J connectivity index is 1.26. The number of amides is 1. The molecule has 1 aromatic carbocycles. The zero-order valence-corrected chi connectivity index (χ0v) is 19.4. The summed E-state index contributed by atoms with van der Waals surface area (Å²) in [5.41, 5.74) is 2.07. The Kier molecular flexibility index (Phi) is 6.78. The molecule has 1 fully saturated rings. The van der Waals surface area contributed by atoms with E-state index in [1.54, 1.807) is 6.07 Å². The van der Waals surface area contributed by atoms with Crippen LogP contribution < -0.4 is 5.32 Å². The van der Waals surface area contributed by atoms with E-state index in [4.69, 9.17) is 11.6 Å². The Labute approximate surface area is 192 Å². The molecule has 0 aliphatic carbocycles. The van der Waals surface area contributed by atoms with Gasteiger partial charge in [-0.05, 0) is 50.5 Å². The highest BCUT2D eigenvalue weighted by molar-refractivity contribution is 7.89. The minimum absolute atomic E-state index is 0.00638. The number of nitrogens with one attached hydrogen (secondary N) is 1. The molecule has 2 aromatic heterocycles. The zero-order valence-electron chi connectivity index (χ0n) is 17.9. The molecule has 0 spiro atoms. The average Bonchev–Trinajstić information content (AvgIpc) is 3.11. The quantitative estimate of drug-likeness (QED) is 0.418. The van der Waals surface area contributed by atoms with E-state index in [0.29, 0.717) is 19.4 Å². The van der Waals surface area contributed by atoms with Gasteiger partial charge in [-0.25, -0.2) is 18.4 Å². The number of aromatic nitrogens is 3. The molecular weight excluding hydrogens is 450 g/mol. The largest absolute Gasteiger partial charge is 0.356 e. The maximum Gasteiger partial charge on any atom is 0.246 e. The minimum Gasteiger partial charge on any atom is -0.356 e. The lowest BCUT2D eigenvalue weighted by Gasteiger charge is -2.30. The van der Waals surface area contributed by atoms with Gasteiger partial charge in [0.25, 0.3) is 0 Å². The number of fused-ring (bicyclic) bond motifs is 1. The van der Waals surface area contributed by atoms with Crippen molar-refractivity contribution in [2.24, 2.45) is 5.92 Å². The Morgan fingerprint density at radius 2 is 1.94 bits per heavy atom. The maximum absolute atomic E-state index is 12.8. The average molecular weight is 476 g/mol. The van der Waals surface area contributed by atoms with Gasteiger partial charge in [-0.15, -0.1) is 0 Å². The summed E-state index contributed by atoms with van der Waals surface area (Å²) in [5, 5.41) is 2.97. The molecular formula is C22H26ClN5O3S. The number of para-hydroxylation sites is 2. The van der Waals surface area contributed by atoms with Gasteiger partial charge in [-0.3, -0.25) is 4.79 Å². The van der Waals surface area contributed by atoms with E-state index in [1.165, 1.54) is 16.6 Å². The first-order valence-corrected chi connectivity index (χ1v) is 12.5. The Morgan fingerprint density at radius 3 is 2.69 bits per heavy atom. The second-order valence-electron chi connectivity index (χ2n) is 7.91. The number of sulfonamides is 1. The van der Waals surface area contributed by atoms with Gasteiger partial charge in [0, 0.05) is 38.3 Å². The van der Waals surface area contributed by atoms with Crippen molar-refractivity contribution in [3.8, 4) is 0 Å². The standard InChI is InChI=1S/C22H26ClN5O3S/c1-16-26-18-6-2-3-7-19(18)28(16)13-5-12-25-22(29)17-9-14-27(15-10-17)32(30,31)20-8-4-11-24-21(20)23/h2-4,6-8,11,17H,5,9-10,12-15H2,1H3,(H,25,29). The number of piperidine rings is 1. The number of aryl methyl sites for hydroxylation is 2. The summed E-state index contributed by atoms with van der Waals surface area (Å²) in [4.78, 5) is 21.0. The molecule has 0 saturated carbocycles. The van der Waals surface area contributed by atoms with E-state index >= 15 is 0 Å². The third-order valence-corrected chi connectivity index (χ3v) is 8.21. The SMILES string of the molecule is Cc1nc2ccccc2n1CCCNC(=O)C1CCN(S(=O)(=O)c2cccnc2Cl)CC1. The zero-order chi connectivity index (χ0) is 22.7. The molecule has 10 heteroatoms. The number of hydrogen-bond donors (Lipinski definition) is 1. The topological polar surface area (TPSA) is 97.2 Å². The fourth-order valence-corrected chi connectivity index (χ4v) is 6.03. The van der Waals surface area contributed by atoms with Gasteiger partial charge in [-0.2, -0.15) is 4.31 Å². The van der Waals surface area contributed by atoms with E-state index in [0.717, 1.165) is 29.8 Å². The van der Waals surface area contributed by atoms with Crippen LogP contribution in [-0.4, -0.2) is 52.8 Å². The molecule has 0 radical (unpaired) electrons. The molecule has 170 valence electrons. The predicted octanol–water partition coefficient (Wildman–Crippen LogP) is 3.00. The van der Waals surface area contributed by atoms with Gasteiger partial charge >= 0.3 is 0 Å². The molecule has 1 aliphatic rings. The van der Waals surface area contributed by atoms with Gasteiger partial charge in [0.05, 0.1) is 11.0 Å². The van der Waals surface area contributed by atoms with Crippen LogP contribution in [0.25, 0.3) is 11.0 Å². The summed E-state index contributed by atoms with van der Waals surface area (Å²) in [7, 11) is -3.71. The molecule has 1 N–H and O–H groups in total. The van der Waals surface area contributed by atoms with Crippen molar-refractivity contribution in [1.82, 2.24) is 24.2 Å². The number of nitrogens with zero attached hydrogens (tertiary/aromatic N) is 4. The number of halogens is 1. The van der Waals surface area contributed by atoms with Crippen LogP contribution in [0, 0.1) is 12.8 Å². The van der Waals surface area contributed by atoms with Crippen molar-refractivity contribution in [2.45, 2.75) is 37.6 Å². The molecule has 0 bridgehead atoms. The Hall–Kier alpha value is -2.49. The van der Waals surface area contributed by atoms with E-state index in [1.807, 2.05) is 25.1 Å². The van der Waals surface area contributed by atoms with E-state index in [-0.39, 0.29) is 35.0 Å². The lowest BCUT2D eigenvalue weighted by molar-refractivity contribution is -0.126. The summed E-state index contributed by atoms with van der Waals surface area (Å²) >= 11 is 5.97. The fraction of sp³-hybridized carbons (Fsp3) is 0.409. The first-order chi connectivity index (χ1) is 15.4. The highest BCUT2D eigenvalue weighted by Crippen LogP contribution is 2.27. The normalized spacial score (nSPS) is 15.8. The molecule has 0 atom stereocenters. The summed E-state index contributed by atoms with van der Waals surface area (Å²) < 4.78 is 29.2. The number of hydrogen-bond acceptors (Lipinski definition) is 5. The van der Waals surface area contributed by atoms with Gasteiger partial charge in [0.2, 0.25) is 15.9 Å². The van der Waals surface area contributed by atoms with Crippen LogP contribution in [0.5, 0.6) is 0 Å². The number of carbonyl (C=O) groups is 1. The van der Waals surface area contributed by atoms with Crippen LogP contribution in [-0.2, 0) is 21.4 Å². The first-order valence-electron chi connectivity index (χ1n) is 10.7. The fourth-order valence-electron chi connectivity index (χ4n) is 4.13. The van der Waals surface area contributed by atoms with Gasteiger partial charge in [0.1, 0.15) is 15.9 Å². The molecule has 1 amide bonds. The molecule has 8 nitrogen and oxygen atoms in total. The summed E-state index contributed by atoms with van der Waals surface area (Å²) in [6, 6.07) is 11.0. The van der Waals surface area contributed by atoms with Crippen molar-refractivity contribution in [1.29, 1.82) is 0 Å². The third-order valence-electron chi connectivity index (χ3n) is 5.87. The minimum atomic E-state index is -3.71. The number of carbonyl (C=O) groups excluding carboxylic acids is 1.